The number of hydrogen-bond acceptors (Lipinski definition) is 5. The SMILES string of the molecule is CCCCCn1nc(C(=O)Cc2ccccc2)nc1Cc1ccc(-c2ncccc2C(=O)O)cc1. The largest absolute Gasteiger partial charge is 0.478 e. The van der Waals surface area contributed by atoms with Gasteiger partial charge in [0.25, 0.3) is 0 Å². The Balaban J connectivity index is 1.55. The number of rotatable bonds is 11. The molecular formula is C28H28N4O3. The van der Waals surface area contributed by atoms with Crippen LogP contribution in [0, 0.1) is 0 Å². The van der Waals surface area contributed by atoms with Gasteiger partial charge in [-0.1, -0.05) is 74.4 Å². The van der Waals surface area contributed by atoms with Crippen molar-refractivity contribution in [2.45, 2.75) is 45.6 Å². The van der Waals surface area contributed by atoms with Gasteiger partial charge in [0.2, 0.25) is 11.6 Å². The number of ketones is 1. The minimum absolute atomic E-state index is 0.0987. The third-order valence-electron chi connectivity index (χ3n) is 5.81. The molecule has 0 spiro atoms. The third-order valence-corrected chi connectivity index (χ3v) is 5.81. The molecule has 7 nitrogen and oxygen atoms in total. The molecule has 4 aromatic rings. The number of pyridine rings is 1. The van der Waals surface area contributed by atoms with Gasteiger partial charge in [-0.15, -0.1) is 5.10 Å². The molecule has 178 valence electrons. The van der Waals surface area contributed by atoms with E-state index in [4.69, 9.17) is 0 Å². The molecule has 0 unspecified atom stereocenters. The van der Waals surface area contributed by atoms with Gasteiger partial charge in [0.1, 0.15) is 5.82 Å². The zero-order valence-electron chi connectivity index (χ0n) is 19.7. The van der Waals surface area contributed by atoms with Crippen LogP contribution < -0.4 is 0 Å². The summed E-state index contributed by atoms with van der Waals surface area (Å²) in [5.74, 6) is -0.116. The first kappa shape index (κ1) is 24.0. The fourth-order valence-corrected chi connectivity index (χ4v) is 3.95. The maximum absolute atomic E-state index is 12.9. The Labute approximate surface area is 204 Å². The van der Waals surface area contributed by atoms with Crippen LogP contribution in [-0.4, -0.2) is 36.6 Å². The molecule has 2 aromatic carbocycles. The second kappa shape index (κ2) is 11.3. The summed E-state index contributed by atoms with van der Waals surface area (Å²) in [7, 11) is 0. The molecule has 0 aliphatic heterocycles. The Morgan fingerprint density at radius 3 is 2.40 bits per heavy atom. The van der Waals surface area contributed by atoms with Crippen molar-refractivity contribution < 1.29 is 14.7 Å². The van der Waals surface area contributed by atoms with E-state index in [2.05, 4.69) is 22.0 Å². The highest BCUT2D eigenvalue weighted by Crippen LogP contribution is 2.22. The molecule has 2 aromatic heterocycles. The summed E-state index contributed by atoms with van der Waals surface area (Å²) in [6, 6.07) is 20.4. The number of aromatic carboxylic acids is 1. The average Bonchev–Trinajstić information content (AvgIpc) is 3.28. The maximum atomic E-state index is 12.9. The van der Waals surface area contributed by atoms with E-state index in [0.717, 1.165) is 41.8 Å². The number of carboxylic acids is 1. The number of nitrogens with zero attached hydrogens (tertiary/aromatic N) is 4. The quantitative estimate of drug-likeness (QED) is 0.239. The molecule has 0 saturated heterocycles. The number of unbranched alkanes of at least 4 members (excludes halogenated alkanes) is 2. The summed E-state index contributed by atoms with van der Waals surface area (Å²) in [6.07, 6.45) is 5.52. The van der Waals surface area contributed by atoms with Crippen LogP contribution in [0.5, 0.6) is 0 Å². The number of hydrogen-bond donors (Lipinski definition) is 1. The number of carbonyl (C=O) groups is 2. The summed E-state index contributed by atoms with van der Waals surface area (Å²) in [5, 5.41) is 14.0. The van der Waals surface area contributed by atoms with Crippen LogP contribution in [0.2, 0.25) is 0 Å². The van der Waals surface area contributed by atoms with Crippen LogP contribution in [-0.2, 0) is 19.4 Å². The summed E-state index contributed by atoms with van der Waals surface area (Å²) in [4.78, 5) is 33.3. The Morgan fingerprint density at radius 2 is 1.69 bits per heavy atom. The van der Waals surface area contributed by atoms with Gasteiger partial charge in [0.05, 0.1) is 11.3 Å². The second-order valence-electron chi connectivity index (χ2n) is 8.45. The Kier molecular flexibility index (Phi) is 7.77. The van der Waals surface area contributed by atoms with E-state index in [1.54, 1.807) is 18.3 Å². The standard InChI is InChI=1S/C28H28N4O3/c1-2-3-7-17-32-25(30-27(31-32)24(33)18-20-9-5-4-6-10-20)19-21-12-14-22(15-13-21)26-23(28(34)35)11-8-16-29-26/h4-6,8-16H,2-3,7,17-19H2,1H3,(H,34,35). The number of Topliss-reactive ketones (excluding diaryl/α,β-unsaturated/α-hetero) is 1. The third kappa shape index (κ3) is 6.06. The average molecular weight is 469 g/mol. The lowest BCUT2D eigenvalue weighted by Crippen LogP contribution is -2.08. The Morgan fingerprint density at radius 1 is 0.914 bits per heavy atom. The first-order valence-corrected chi connectivity index (χ1v) is 11.8. The van der Waals surface area contributed by atoms with Gasteiger partial charge in [-0.25, -0.2) is 14.5 Å². The van der Waals surface area contributed by atoms with Gasteiger partial charge in [-0.2, -0.15) is 0 Å². The molecule has 0 atom stereocenters. The molecular weight excluding hydrogens is 440 g/mol. The lowest BCUT2D eigenvalue weighted by Gasteiger charge is -2.08. The second-order valence-corrected chi connectivity index (χ2v) is 8.45. The van der Waals surface area contributed by atoms with Crippen LogP contribution in [0.4, 0.5) is 0 Å². The fraction of sp³-hybridized carbons (Fsp3) is 0.250. The van der Waals surface area contributed by atoms with E-state index in [0.29, 0.717) is 18.7 Å². The van der Waals surface area contributed by atoms with Gasteiger partial charge >= 0.3 is 5.97 Å². The predicted octanol–water partition coefficient (Wildman–Crippen LogP) is 5.24. The number of carboxylic acid groups (broad SMARTS) is 1. The molecule has 0 aliphatic carbocycles. The zero-order valence-corrected chi connectivity index (χ0v) is 19.7. The number of benzene rings is 2. The number of aryl methyl sites for hydroxylation is 1. The molecule has 4 rings (SSSR count). The highest BCUT2D eigenvalue weighted by molar-refractivity contribution is 5.95. The van der Waals surface area contributed by atoms with Crippen molar-refractivity contribution in [1.29, 1.82) is 0 Å². The molecule has 0 bridgehead atoms. The van der Waals surface area contributed by atoms with E-state index in [1.165, 1.54) is 0 Å². The minimum Gasteiger partial charge on any atom is -0.478 e. The van der Waals surface area contributed by atoms with Crippen molar-refractivity contribution in [2.24, 2.45) is 0 Å². The number of aromatic nitrogens is 4. The summed E-state index contributed by atoms with van der Waals surface area (Å²) < 4.78 is 1.85. The minimum atomic E-state index is -1.01. The smallest absolute Gasteiger partial charge is 0.337 e. The van der Waals surface area contributed by atoms with Crippen LogP contribution in [0.25, 0.3) is 11.3 Å². The molecule has 0 amide bonds. The lowest BCUT2D eigenvalue weighted by molar-refractivity contribution is 0.0697. The van der Waals surface area contributed by atoms with Gasteiger partial charge in [-0.3, -0.25) is 9.78 Å². The van der Waals surface area contributed by atoms with E-state index in [1.807, 2.05) is 59.3 Å². The topological polar surface area (TPSA) is 98.0 Å². The summed E-state index contributed by atoms with van der Waals surface area (Å²) in [5.41, 5.74) is 3.26. The molecule has 0 fully saturated rings. The van der Waals surface area contributed by atoms with Crippen molar-refractivity contribution in [1.82, 2.24) is 19.7 Å². The van der Waals surface area contributed by atoms with E-state index < -0.39 is 5.97 Å². The van der Waals surface area contributed by atoms with Crippen molar-refractivity contribution in [2.75, 3.05) is 0 Å². The van der Waals surface area contributed by atoms with Crippen molar-refractivity contribution in [3.63, 3.8) is 0 Å². The van der Waals surface area contributed by atoms with Gasteiger partial charge in [0.15, 0.2) is 0 Å². The fourth-order valence-electron chi connectivity index (χ4n) is 3.95. The van der Waals surface area contributed by atoms with Gasteiger partial charge in [0, 0.05) is 31.1 Å². The van der Waals surface area contributed by atoms with Crippen LogP contribution >= 0.6 is 0 Å². The highest BCUT2D eigenvalue weighted by atomic mass is 16.4. The van der Waals surface area contributed by atoms with Crippen LogP contribution in [0.3, 0.4) is 0 Å². The van der Waals surface area contributed by atoms with E-state index in [-0.39, 0.29) is 23.6 Å². The van der Waals surface area contributed by atoms with Gasteiger partial charge in [-0.05, 0) is 29.7 Å². The Bertz CT molecular complexity index is 1300. The maximum Gasteiger partial charge on any atom is 0.337 e. The molecule has 7 heteroatoms. The predicted molar refractivity (Wildman–Crippen MR) is 133 cm³/mol. The van der Waals surface area contributed by atoms with Crippen LogP contribution in [0.15, 0.2) is 72.9 Å². The first-order chi connectivity index (χ1) is 17.0. The summed E-state index contributed by atoms with van der Waals surface area (Å²) >= 11 is 0. The molecule has 35 heavy (non-hydrogen) atoms. The number of carbonyl (C=O) groups excluding carboxylic acids is 1. The Hall–Kier alpha value is -4.13. The molecule has 0 aliphatic rings. The zero-order chi connectivity index (χ0) is 24.6. The highest BCUT2D eigenvalue weighted by Gasteiger charge is 2.18. The van der Waals surface area contributed by atoms with Crippen molar-refractivity contribution in [3.05, 3.63) is 101 Å². The molecule has 2 heterocycles. The molecule has 1 N–H and O–H groups in total. The van der Waals surface area contributed by atoms with Crippen molar-refractivity contribution in [3.8, 4) is 11.3 Å². The molecule has 0 radical (unpaired) electrons. The van der Waals surface area contributed by atoms with E-state index >= 15 is 0 Å². The van der Waals surface area contributed by atoms with Crippen LogP contribution in [0.1, 0.15) is 64.1 Å². The van der Waals surface area contributed by atoms with E-state index in [9.17, 15) is 14.7 Å². The normalized spacial score (nSPS) is 10.9. The monoisotopic (exact) mass is 468 g/mol. The summed E-state index contributed by atoms with van der Waals surface area (Å²) in [6.45, 7) is 2.86. The van der Waals surface area contributed by atoms with Crippen molar-refractivity contribution >= 4 is 11.8 Å². The lowest BCUT2D eigenvalue weighted by atomic mass is 10.0. The molecule has 0 saturated carbocycles. The first-order valence-electron chi connectivity index (χ1n) is 11.8. The van der Waals surface area contributed by atoms with Gasteiger partial charge < -0.3 is 5.11 Å².